The lowest BCUT2D eigenvalue weighted by Crippen LogP contribution is -2.23. The van der Waals surface area contributed by atoms with Crippen molar-refractivity contribution >= 4 is 15.9 Å². The van der Waals surface area contributed by atoms with Gasteiger partial charge in [-0.15, -0.1) is 0 Å². The van der Waals surface area contributed by atoms with E-state index in [2.05, 4.69) is 35.1 Å². The van der Waals surface area contributed by atoms with Crippen molar-refractivity contribution in [3.05, 3.63) is 63.9 Å². The number of para-hydroxylation sites is 1. The summed E-state index contributed by atoms with van der Waals surface area (Å²) in [5.74, 6) is 0.624. The van der Waals surface area contributed by atoms with Crippen molar-refractivity contribution in [1.82, 2.24) is 5.32 Å². The Morgan fingerprint density at radius 3 is 2.38 bits per heavy atom. The first-order valence-corrected chi connectivity index (χ1v) is 7.66. The Morgan fingerprint density at radius 2 is 1.71 bits per heavy atom. The zero-order valence-electron chi connectivity index (χ0n) is 12.4. The highest BCUT2D eigenvalue weighted by molar-refractivity contribution is 9.10. The van der Waals surface area contributed by atoms with Crippen molar-refractivity contribution < 1.29 is 9.13 Å². The van der Waals surface area contributed by atoms with Gasteiger partial charge >= 0.3 is 0 Å². The molecule has 1 N–H and O–H groups in total. The third-order valence-electron chi connectivity index (χ3n) is 3.53. The molecular weight excluding hydrogens is 333 g/mol. The van der Waals surface area contributed by atoms with Crippen LogP contribution in [0.15, 0.2) is 46.9 Å². The van der Waals surface area contributed by atoms with Gasteiger partial charge in [0.1, 0.15) is 11.6 Å². The molecule has 2 aromatic carbocycles. The van der Waals surface area contributed by atoms with Crippen LogP contribution >= 0.6 is 15.9 Å². The first kappa shape index (κ1) is 16.0. The van der Waals surface area contributed by atoms with Crippen molar-refractivity contribution in [3.63, 3.8) is 0 Å². The van der Waals surface area contributed by atoms with Gasteiger partial charge in [-0.1, -0.05) is 40.2 Å². The van der Waals surface area contributed by atoms with Gasteiger partial charge < -0.3 is 10.1 Å². The van der Waals surface area contributed by atoms with Gasteiger partial charge in [-0.25, -0.2) is 4.39 Å². The molecule has 2 atom stereocenters. The van der Waals surface area contributed by atoms with Crippen LogP contribution < -0.4 is 10.1 Å². The van der Waals surface area contributed by atoms with Gasteiger partial charge in [-0.3, -0.25) is 0 Å². The molecule has 1 unspecified atom stereocenters. The molecule has 0 heterocycles. The predicted octanol–water partition coefficient (Wildman–Crippen LogP) is 5.01. The molecule has 2 rings (SSSR count). The maximum atomic E-state index is 13.2. The summed E-state index contributed by atoms with van der Waals surface area (Å²) in [6.07, 6.45) is 0. The minimum Gasteiger partial charge on any atom is -0.496 e. The summed E-state index contributed by atoms with van der Waals surface area (Å²) < 4.78 is 19.3. The van der Waals surface area contributed by atoms with Gasteiger partial charge in [0.25, 0.3) is 0 Å². The Balaban J connectivity index is 2.16. The Bertz CT molecular complexity index is 617. The Labute approximate surface area is 133 Å². The van der Waals surface area contributed by atoms with E-state index < -0.39 is 0 Å². The lowest BCUT2D eigenvalue weighted by atomic mass is 10.0. The number of hydrogen-bond donors (Lipinski definition) is 1. The van der Waals surface area contributed by atoms with Gasteiger partial charge in [0.2, 0.25) is 0 Å². The molecule has 0 aliphatic rings. The van der Waals surface area contributed by atoms with Crippen LogP contribution in [0.3, 0.4) is 0 Å². The van der Waals surface area contributed by atoms with E-state index in [9.17, 15) is 4.39 Å². The van der Waals surface area contributed by atoms with Crippen molar-refractivity contribution in [2.45, 2.75) is 25.9 Å². The third kappa shape index (κ3) is 3.83. The molecule has 2 nitrogen and oxygen atoms in total. The van der Waals surface area contributed by atoms with E-state index in [0.717, 1.165) is 21.3 Å². The predicted molar refractivity (Wildman–Crippen MR) is 87.1 cm³/mol. The van der Waals surface area contributed by atoms with E-state index in [1.54, 1.807) is 13.2 Å². The number of hydrogen-bond acceptors (Lipinski definition) is 2. The number of benzene rings is 2. The molecule has 0 bridgehead atoms. The molecule has 2 aromatic rings. The van der Waals surface area contributed by atoms with Crippen LogP contribution in [-0.2, 0) is 0 Å². The van der Waals surface area contributed by atoms with Crippen LogP contribution in [0, 0.1) is 5.82 Å². The monoisotopic (exact) mass is 351 g/mol. The summed E-state index contributed by atoms with van der Waals surface area (Å²) in [5, 5.41) is 3.51. The van der Waals surface area contributed by atoms with E-state index in [0.29, 0.717) is 0 Å². The van der Waals surface area contributed by atoms with E-state index in [1.807, 2.05) is 24.3 Å². The lowest BCUT2D eigenvalue weighted by molar-refractivity contribution is 0.396. The fourth-order valence-electron chi connectivity index (χ4n) is 2.43. The summed E-state index contributed by atoms with van der Waals surface area (Å²) in [7, 11) is 1.67. The largest absolute Gasteiger partial charge is 0.496 e. The number of halogens is 2. The summed E-state index contributed by atoms with van der Waals surface area (Å²) in [6.45, 7) is 4.15. The van der Waals surface area contributed by atoms with Crippen molar-refractivity contribution in [2.24, 2.45) is 0 Å². The molecule has 0 saturated carbocycles. The molecule has 4 heteroatoms. The Morgan fingerprint density at radius 1 is 1.05 bits per heavy atom. The first-order chi connectivity index (χ1) is 10.0. The average molecular weight is 352 g/mol. The fraction of sp³-hybridized carbons (Fsp3) is 0.294. The zero-order valence-corrected chi connectivity index (χ0v) is 13.9. The highest BCUT2D eigenvalue weighted by Gasteiger charge is 2.16. The van der Waals surface area contributed by atoms with E-state index in [4.69, 9.17) is 4.74 Å². The second-order valence-electron chi connectivity index (χ2n) is 5.02. The van der Waals surface area contributed by atoms with Crippen molar-refractivity contribution in [3.8, 4) is 5.75 Å². The summed E-state index contributed by atoms with van der Waals surface area (Å²) >= 11 is 3.42. The van der Waals surface area contributed by atoms with E-state index in [1.165, 1.54) is 12.1 Å². The Hall–Kier alpha value is -1.39. The SMILES string of the molecule is COc1ccccc1[C@@H](C)NC(C)c1ccc(F)cc1Br. The standard InChI is InChI=1S/C17H19BrFNO/c1-11(14-9-8-13(19)10-16(14)18)20-12(2)15-6-4-5-7-17(15)21-3/h4-12,20H,1-3H3/t11?,12-/m1/s1. The van der Waals surface area contributed by atoms with Gasteiger partial charge in [-0.2, -0.15) is 0 Å². The highest BCUT2D eigenvalue weighted by Crippen LogP contribution is 2.29. The molecule has 0 fully saturated rings. The molecule has 0 aliphatic carbocycles. The molecule has 0 aliphatic heterocycles. The summed E-state index contributed by atoms with van der Waals surface area (Å²) in [6, 6.07) is 12.9. The molecule has 0 radical (unpaired) electrons. The minimum atomic E-state index is -0.240. The normalized spacial score (nSPS) is 13.8. The van der Waals surface area contributed by atoms with Crippen molar-refractivity contribution in [1.29, 1.82) is 0 Å². The number of ether oxygens (including phenoxy) is 1. The number of nitrogens with one attached hydrogen (secondary N) is 1. The second-order valence-corrected chi connectivity index (χ2v) is 5.87. The molecule has 0 amide bonds. The van der Waals surface area contributed by atoms with Crippen LogP contribution in [0.25, 0.3) is 0 Å². The zero-order chi connectivity index (χ0) is 15.4. The maximum absolute atomic E-state index is 13.2. The molecule has 0 saturated heterocycles. The highest BCUT2D eigenvalue weighted by atomic mass is 79.9. The van der Waals surface area contributed by atoms with Gasteiger partial charge in [0.15, 0.2) is 0 Å². The lowest BCUT2D eigenvalue weighted by Gasteiger charge is -2.23. The van der Waals surface area contributed by atoms with Crippen molar-refractivity contribution in [2.75, 3.05) is 7.11 Å². The quantitative estimate of drug-likeness (QED) is 0.817. The first-order valence-electron chi connectivity index (χ1n) is 6.87. The minimum absolute atomic E-state index is 0.0832. The average Bonchev–Trinajstić information content (AvgIpc) is 2.46. The number of rotatable bonds is 5. The summed E-state index contributed by atoms with van der Waals surface area (Å²) in [4.78, 5) is 0. The van der Waals surface area contributed by atoms with Gasteiger partial charge in [0.05, 0.1) is 7.11 Å². The van der Waals surface area contributed by atoms with E-state index >= 15 is 0 Å². The number of methoxy groups -OCH3 is 1. The van der Waals surface area contributed by atoms with Crippen LogP contribution in [0.1, 0.15) is 37.1 Å². The smallest absolute Gasteiger partial charge is 0.124 e. The van der Waals surface area contributed by atoms with Crippen LogP contribution in [0.2, 0.25) is 0 Å². The van der Waals surface area contributed by atoms with Crippen LogP contribution in [0.4, 0.5) is 4.39 Å². The Kier molecular flexibility index (Phi) is 5.37. The maximum Gasteiger partial charge on any atom is 0.124 e. The van der Waals surface area contributed by atoms with Crippen LogP contribution in [0.5, 0.6) is 5.75 Å². The molecule has 112 valence electrons. The molecular formula is C17H19BrFNO. The fourth-order valence-corrected chi connectivity index (χ4v) is 3.13. The second kappa shape index (κ2) is 7.05. The summed E-state index contributed by atoms with van der Waals surface area (Å²) in [5.41, 5.74) is 2.13. The van der Waals surface area contributed by atoms with Gasteiger partial charge in [-0.05, 0) is 37.6 Å². The third-order valence-corrected chi connectivity index (χ3v) is 4.22. The van der Waals surface area contributed by atoms with E-state index in [-0.39, 0.29) is 17.9 Å². The molecule has 0 spiro atoms. The molecule has 21 heavy (non-hydrogen) atoms. The van der Waals surface area contributed by atoms with Gasteiger partial charge in [0, 0.05) is 22.1 Å². The molecule has 0 aromatic heterocycles. The topological polar surface area (TPSA) is 21.3 Å². The van der Waals surface area contributed by atoms with Crippen LogP contribution in [-0.4, -0.2) is 7.11 Å².